The number of sulfonamides is 1. The first-order chi connectivity index (χ1) is 15.2. The van der Waals surface area contributed by atoms with Crippen LogP contribution >= 0.6 is 11.3 Å². The molecular weight excluding hydrogens is 463 g/mol. The van der Waals surface area contributed by atoms with Gasteiger partial charge < -0.3 is 14.8 Å². The number of nitrogens with one attached hydrogen (secondary N) is 2. The molecular formula is C20H21FN2O7S2. The molecule has 12 heteroatoms. The fourth-order valence-corrected chi connectivity index (χ4v) is 5.28. The molecule has 0 bridgehead atoms. The minimum atomic E-state index is -3.91. The molecule has 0 saturated heterocycles. The molecule has 0 saturated carbocycles. The lowest BCUT2D eigenvalue weighted by Gasteiger charge is -2.09. The molecule has 0 radical (unpaired) electrons. The Morgan fingerprint density at radius 3 is 2.59 bits per heavy atom. The van der Waals surface area contributed by atoms with Gasteiger partial charge in [-0.2, -0.15) is 0 Å². The average molecular weight is 485 g/mol. The van der Waals surface area contributed by atoms with Crippen molar-refractivity contribution in [1.29, 1.82) is 0 Å². The highest BCUT2D eigenvalue weighted by Crippen LogP contribution is 2.39. The van der Waals surface area contributed by atoms with Crippen molar-refractivity contribution in [2.24, 2.45) is 0 Å². The Labute approximate surface area is 188 Å². The molecule has 0 spiro atoms. The Morgan fingerprint density at radius 2 is 1.91 bits per heavy atom. The van der Waals surface area contributed by atoms with E-state index in [-0.39, 0.29) is 11.5 Å². The quantitative estimate of drug-likeness (QED) is 0.550. The first-order valence-corrected chi connectivity index (χ1v) is 12.0. The number of fused-ring (bicyclic) bond motifs is 1. The third-order valence-corrected chi connectivity index (χ3v) is 7.34. The molecule has 1 amide bonds. The summed E-state index contributed by atoms with van der Waals surface area (Å²) in [5.74, 6) is -3.47. The van der Waals surface area contributed by atoms with Crippen molar-refractivity contribution in [3.05, 3.63) is 45.6 Å². The van der Waals surface area contributed by atoms with Crippen molar-refractivity contribution < 1.29 is 36.7 Å². The van der Waals surface area contributed by atoms with Gasteiger partial charge in [-0.25, -0.2) is 27.1 Å². The summed E-state index contributed by atoms with van der Waals surface area (Å²) in [7, 11) is -2.73. The summed E-state index contributed by atoms with van der Waals surface area (Å²) in [5, 5.41) is 2.86. The Morgan fingerprint density at radius 1 is 1.16 bits per heavy atom. The van der Waals surface area contributed by atoms with Crippen molar-refractivity contribution in [3.63, 3.8) is 0 Å². The minimum absolute atomic E-state index is 0.183. The van der Waals surface area contributed by atoms with Crippen molar-refractivity contribution >= 4 is 44.2 Å². The average Bonchev–Trinajstić information content (AvgIpc) is 3.33. The zero-order chi connectivity index (χ0) is 23.5. The van der Waals surface area contributed by atoms with Crippen LogP contribution in [0.3, 0.4) is 0 Å². The number of thiophene rings is 1. The van der Waals surface area contributed by atoms with Crippen LogP contribution in [-0.4, -0.2) is 46.5 Å². The molecule has 1 aromatic heterocycles. The number of carbonyl (C=O) groups is 3. The Kier molecular flexibility index (Phi) is 7.26. The van der Waals surface area contributed by atoms with Crippen LogP contribution in [0.4, 0.5) is 9.39 Å². The van der Waals surface area contributed by atoms with Crippen LogP contribution in [0.1, 0.15) is 44.5 Å². The van der Waals surface area contributed by atoms with E-state index in [0.717, 1.165) is 41.5 Å². The van der Waals surface area contributed by atoms with E-state index in [2.05, 4.69) is 10.0 Å². The molecule has 0 aliphatic heterocycles. The highest BCUT2D eigenvalue weighted by atomic mass is 32.2. The number of amides is 1. The molecule has 2 N–H and O–H groups in total. The Balaban J connectivity index is 1.71. The van der Waals surface area contributed by atoms with Crippen LogP contribution in [0.5, 0.6) is 0 Å². The van der Waals surface area contributed by atoms with E-state index in [1.807, 2.05) is 0 Å². The highest BCUT2D eigenvalue weighted by Gasteiger charge is 2.28. The number of rotatable bonds is 8. The largest absolute Gasteiger partial charge is 0.462 e. The number of benzene rings is 1. The van der Waals surface area contributed by atoms with Gasteiger partial charge in [0, 0.05) is 4.88 Å². The van der Waals surface area contributed by atoms with Crippen LogP contribution < -0.4 is 10.0 Å². The second-order valence-electron chi connectivity index (χ2n) is 6.76. The maximum absolute atomic E-state index is 14.0. The number of esters is 2. The number of hydrogen-bond acceptors (Lipinski definition) is 8. The fraction of sp³-hybridized carbons (Fsp3) is 0.350. The Bertz CT molecular complexity index is 1170. The van der Waals surface area contributed by atoms with E-state index in [9.17, 15) is 27.2 Å². The standard InChI is InChI=1S/C20H21FN2O7S2/c1-3-29-20(26)17-12-5-4-6-15(12)31-18(17)23-16(24)10-30-19(25)13-9-11(7-8-14(13)21)32(27,28)22-2/h7-9,22H,3-6,10H2,1-2H3,(H,23,24). The molecule has 32 heavy (non-hydrogen) atoms. The second-order valence-corrected chi connectivity index (χ2v) is 9.75. The van der Waals surface area contributed by atoms with Crippen LogP contribution in [0.15, 0.2) is 23.1 Å². The number of aryl methyl sites for hydroxylation is 1. The summed E-state index contributed by atoms with van der Waals surface area (Å²) >= 11 is 1.26. The van der Waals surface area contributed by atoms with E-state index < -0.39 is 45.9 Å². The van der Waals surface area contributed by atoms with Crippen LogP contribution in [0.25, 0.3) is 0 Å². The third kappa shape index (κ3) is 4.97. The fourth-order valence-electron chi connectivity index (χ4n) is 3.23. The van der Waals surface area contributed by atoms with Gasteiger partial charge in [-0.3, -0.25) is 4.79 Å². The topological polar surface area (TPSA) is 128 Å². The first kappa shape index (κ1) is 23.8. The van der Waals surface area contributed by atoms with Crippen molar-refractivity contribution in [2.45, 2.75) is 31.1 Å². The first-order valence-electron chi connectivity index (χ1n) is 9.69. The van der Waals surface area contributed by atoms with Gasteiger partial charge in [0.15, 0.2) is 6.61 Å². The zero-order valence-corrected chi connectivity index (χ0v) is 19.0. The van der Waals surface area contributed by atoms with E-state index in [0.29, 0.717) is 17.0 Å². The predicted octanol–water partition coefficient (Wildman–Crippen LogP) is 2.26. The third-order valence-electron chi connectivity index (χ3n) is 4.72. The number of anilines is 1. The van der Waals surface area contributed by atoms with Gasteiger partial charge in [0.2, 0.25) is 10.0 Å². The highest BCUT2D eigenvalue weighted by molar-refractivity contribution is 7.89. The lowest BCUT2D eigenvalue weighted by atomic mass is 10.1. The summed E-state index contributed by atoms with van der Waals surface area (Å²) in [5.41, 5.74) is 0.529. The molecule has 2 aromatic rings. The van der Waals surface area contributed by atoms with E-state index in [1.54, 1.807) is 6.92 Å². The van der Waals surface area contributed by atoms with Gasteiger partial charge in [-0.1, -0.05) is 0 Å². The molecule has 0 fully saturated rings. The monoisotopic (exact) mass is 484 g/mol. The van der Waals surface area contributed by atoms with Crippen LogP contribution in [-0.2, 0) is 37.1 Å². The molecule has 9 nitrogen and oxygen atoms in total. The number of ether oxygens (including phenoxy) is 2. The van der Waals surface area contributed by atoms with Crippen LogP contribution in [0.2, 0.25) is 0 Å². The summed E-state index contributed by atoms with van der Waals surface area (Å²) in [6.45, 7) is 1.10. The van der Waals surface area contributed by atoms with Crippen molar-refractivity contribution in [2.75, 3.05) is 25.6 Å². The molecule has 1 aromatic carbocycles. The predicted molar refractivity (Wildman–Crippen MR) is 114 cm³/mol. The molecule has 1 aliphatic carbocycles. The number of halogens is 1. The molecule has 1 aliphatic rings. The summed E-state index contributed by atoms with van der Waals surface area (Å²) < 4.78 is 49.7. The lowest BCUT2D eigenvalue weighted by Crippen LogP contribution is -2.23. The van der Waals surface area contributed by atoms with E-state index >= 15 is 0 Å². The van der Waals surface area contributed by atoms with E-state index in [1.165, 1.54) is 18.4 Å². The summed E-state index contributed by atoms with van der Waals surface area (Å²) in [6.07, 6.45) is 2.41. The summed E-state index contributed by atoms with van der Waals surface area (Å²) in [4.78, 5) is 37.6. The Hall–Kier alpha value is -2.83. The zero-order valence-electron chi connectivity index (χ0n) is 17.3. The van der Waals surface area contributed by atoms with Crippen molar-refractivity contribution in [1.82, 2.24) is 4.72 Å². The molecule has 1 heterocycles. The van der Waals surface area contributed by atoms with Gasteiger partial charge in [-0.15, -0.1) is 11.3 Å². The smallest absolute Gasteiger partial charge is 0.341 e. The van der Waals surface area contributed by atoms with Gasteiger partial charge in [0.25, 0.3) is 5.91 Å². The second kappa shape index (κ2) is 9.76. The maximum Gasteiger partial charge on any atom is 0.341 e. The molecule has 0 unspecified atom stereocenters. The van der Waals surface area contributed by atoms with Gasteiger partial charge in [0.05, 0.1) is 22.6 Å². The van der Waals surface area contributed by atoms with E-state index in [4.69, 9.17) is 9.47 Å². The SMILES string of the molecule is CCOC(=O)c1c(NC(=O)COC(=O)c2cc(S(=O)(=O)NC)ccc2F)sc2c1CCC2. The van der Waals surface area contributed by atoms with Gasteiger partial charge in [0.1, 0.15) is 10.8 Å². The molecule has 172 valence electrons. The van der Waals surface area contributed by atoms with Gasteiger partial charge in [-0.05, 0) is 57.0 Å². The summed E-state index contributed by atoms with van der Waals surface area (Å²) in [6, 6.07) is 2.64. The lowest BCUT2D eigenvalue weighted by molar-refractivity contribution is -0.119. The van der Waals surface area contributed by atoms with Crippen molar-refractivity contribution in [3.8, 4) is 0 Å². The minimum Gasteiger partial charge on any atom is -0.462 e. The molecule has 0 atom stereocenters. The maximum atomic E-state index is 14.0. The van der Waals surface area contributed by atoms with Gasteiger partial charge >= 0.3 is 11.9 Å². The van der Waals surface area contributed by atoms with Crippen LogP contribution in [0, 0.1) is 5.82 Å². The molecule has 3 rings (SSSR count). The number of carbonyl (C=O) groups excluding carboxylic acids is 3. The normalized spacial score (nSPS) is 12.8. The number of hydrogen-bond donors (Lipinski definition) is 2.